The lowest BCUT2D eigenvalue weighted by atomic mass is 9.86. The van der Waals surface area contributed by atoms with Crippen molar-refractivity contribution in [2.45, 2.75) is 65.0 Å². The molecular weight excluding hydrogens is 372 g/mol. The van der Waals surface area contributed by atoms with Gasteiger partial charge < -0.3 is 19.7 Å². The number of nitrogens with one attached hydrogen (secondary N) is 1. The van der Waals surface area contributed by atoms with Crippen molar-refractivity contribution in [1.29, 1.82) is 0 Å². The molecule has 0 bridgehead atoms. The smallest absolute Gasteiger partial charge is 0.308 e. The molecule has 1 aliphatic heterocycles. The van der Waals surface area contributed by atoms with E-state index in [1.807, 2.05) is 31.2 Å². The molecule has 2 rings (SSSR count). The SMILES string of the molecule is CCC(C)OC(=O)CC1C(=O)NCCN1C(=O)COc1ccccc1C(C)(C)C. The quantitative estimate of drug-likeness (QED) is 0.706. The molecule has 1 saturated heterocycles. The van der Waals surface area contributed by atoms with Gasteiger partial charge in [-0.25, -0.2) is 0 Å². The van der Waals surface area contributed by atoms with Crippen molar-refractivity contribution in [1.82, 2.24) is 10.2 Å². The van der Waals surface area contributed by atoms with Crippen LogP contribution in [0.15, 0.2) is 24.3 Å². The number of esters is 1. The minimum absolute atomic E-state index is 0.132. The molecule has 0 saturated carbocycles. The molecule has 0 aromatic heterocycles. The molecule has 0 spiro atoms. The Morgan fingerprint density at radius 1 is 1.28 bits per heavy atom. The summed E-state index contributed by atoms with van der Waals surface area (Å²) in [7, 11) is 0. The average molecular weight is 405 g/mol. The lowest BCUT2D eigenvalue weighted by Crippen LogP contribution is -2.58. The fraction of sp³-hybridized carbons (Fsp3) is 0.591. The number of ether oxygens (including phenoxy) is 2. The summed E-state index contributed by atoms with van der Waals surface area (Å²) in [5, 5.41) is 2.71. The van der Waals surface area contributed by atoms with Gasteiger partial charge in [-0.2, -0.15) is 0 Å². The molecular formula is C22H32N2O5. The summed E-state index contributed by atoms with van der Waals surface area (Å²) < 4.78 is 11.1. The molecule has 2 unspecified atom stereocenters. The maximum Gasteiger partial charge on any atom is 0.308 e. The Balaban J connectivity index is 2.06. The van der Waals surface area contributed by atoms with Crippen LogP contribution < -0.4 is 10.1 Å². The van der Waals surface area contributed by atoms with Crippen LogP contribution >= 0.6 is 0 Å². The first kappa shape index (κ1) is 22.7. The molecule has 1 fully saturated rings. The lowest BCUT2D eigenvalue weighted by Gasteiger charge is -2.34. The number of nitrogens with zero attached hydrogens (tertiary/aromatic N) is 1. The van der Waals surface area contributed by atoms with Gasteiger partial charge in [0.25, 0.3) is 5.91 Å². The van der Waals surface area contributed by atoms with Crippen molar-refractivity contribution < 1.29 is 23.9 Å². The van der Waals surface area contributed by atoms with Crippen LogP contribution in [0.4, 0.5) is 0 Å². The van der Waals surface area contributed by atoms with Crippen LogP contribution in [0.1, 0.15) is 53.0 Å². The van der Waals surface area contributed by atoms with Gasteiger partial charge in [-0.1, -0.05) is 45.9 Å². The highest BCUT2D eigenvalue weighted by Gasteiger charge is 2.35. The summed E-state index contributed by atoms with van der Waals surface area (Å²) >= 11 is 0. The van der Waals surface area contributed by atoms with E-state index in [1.54, 1.807) is 6.92 Å². The number of para-hydroxylation sites is 1. The molecule has 7 nitrogen and oxygen atoms in total. The van der Waals surface area contributed by atoms with Crippen LogP contribution in [-0.2, 0) is 24.5 Å². The minimum atomic E-state index is -0.880. The molecule has 0 radical (unpaired) electrons. The van der Waals surface area contributed by atoms with E-state index in [-0.39, 0.29) is 36.4 Å². The second-order valence-electron chi connectivity index (χ2n) is 8.34. The van der Waals surface area contributed by atoms with Gasteiger partial charge in [0.15, 0.2) is 6.61 Å². The van der Waals surface area contributed by atoms with Crippen molar-refractivity contribution in [3.63, 3.8) is 0 Å². The first-order valence-electron chi connectivity index (χ1n) is 10.1. The first-order chi connectivity index (χ1) is 13.6. The monoisotopic (exact) mass is 404 g/mol. The van der Waals surface area contributed by atoms with Gasteiger partial charge in [-0.3, -0.25) is 14.4 Å². The summed E-state index contributed by atoms with van der Waals surface area (Å²) in [6.45, 7) is 10.4. The molecule has 160 valence electrons. The minimum Gasteiger partial charge on any atom is -0.483 e. The standard InChI is InChI=1S/C22H32N2O5/c1-6-15(2)29-20(26)13-17-21(27)23-11-12-24(17)19(25)14-28-18-10-8-7-9-16(18)22(3,4)5/h7-10,15,17H,6,11-14H2,1-5H3,(H,23,27). The second kappa shape index (κ2) is 9.76. The maximum atomic E-state index is 12.8. The van der Waals surface area contributed by atoms with Crippen LogP contribution in [0.5, 0.6) is 5.75 Å². The summed E-state index contributed by atoms with van der Waals surface area (Å²) in [6, 6.07) is 6.72. The molecule has 2 amide bonds. The van der Waals surface area contributed by atoms with Crippen molar-refractivity contribution >= 4 is 17.8 Å². The van der Waals surface area contributed by atoms with Crippen LogP contribution in [0.2, 0.25) is 0 Å². The van der Waals surface area contributed by atoms with Gasteiger partial charge in [0.1, 0.15) is 11.8 Å². The van der Waals surface area contributed by atoms with Gasteiger partial charge in [-0.15, -0.1) is 0 Å². The Hall–Kier alpha value is -2.57. The Bertz CT molecular complexity index is 741. The van der Waals surface area contributed by atoms with E-state index in [2.05, 4.69) is 26.1 Å². The number of carbonyl (C=O) groups is 3. The normalized spacial score (nSPS) is 18.0. The van der Waals surface area contributed by atoms with Crippen LogP contribution in [0.3, 0.4) is 0 Å². The molecule has 1 aromatic rings. The molecule has 1 heterocycles. The zero-order valence-corrected chi connectivity index (χ0v) is 18.0. The van der Waals surface area contributed by atoms with E-state index in [0.717, 1.165) is 5.56 Å². The Morgan fingerprint density at radius 2 is 1.97 bits per heavy atom. The lowest BCUT2D eigenvalue weighted by molar-refractivity contribution is -0.155. The third-order valence-electron chi connectivity index (χ3n) is 4.96. The predicted octanol–water partition coefficient (Wildman–Crippen LogP) is 2.42. The fourth-order valence-corrected chi connectivity index (χ4v) is 3.16. The van der Waals surface area contributed by atoms with E-state index in [4.69, 9.17) is 9.47 Å². The van der Waals surface area contributed by atoms with Gasteiger partial charge in [0, 0.05) is 13.1 Å². The topological polar surface area (TPSA) is 84.9 Å². The largest absolute Gasteiger partial charge is 0.483 e. The Labute approximate surface area is 172 Å². The van der Waals surface area contributed by atoms with Crippen molar-refractivity contribution in [2.75, 3.05) is 19.7 Å². The van der Waals surface area contributed by atoms with Crippen molar-refractivity contribution in [3.8, 4) is 5.75 Å². The first-order valence-corrected chi connectivity index (χ1v) is 10.1. The van der Waals surface area contributed by atoms with Gasteiger partial charge in [0.05, 0.1) is 12.5 Å². The molecule has 2 atom stereocenters. The number of hydrogen-bond acceptors (Lipinski definition) is 5. The number of amides is 2. The maximum absolute atomic E-state index is 12.8. The Kier molecular flexibility index (Phi) is 7.65. The second-order valence-corrected chi connectivity index (χ2v) is 8.34. The molecule has 1 aliphatic rings. The molecule has 1 aromatic carbocycles. The van der Waals surface area contributed by atoms with Crippen LogP contribution in [0.25, 0.3) is 0 Å². The summed E-state index contributed by atoms with van der Waals surface area (Å²) in [6.07, 6.45) is 0.294. The highest BCUT2D eigenvalue weighted by atomic mass is 16.5. The van der Waals surface area contributed by atoms with E-state index in [0.29, 0.717) is 25.3 Å². The van der Waals surface area contributed by atoms with Gasteiger partial charge >= 0.3 is 5.97 Å². The average Bonchev–Trinajstić information content (AvgIpc) is 2.67. The molecule has 1 N–H and O–H groups in total. The van der Waals surface area contributed by atoms with E-state index >= 15 is 0 Å². The summed E-state index contributed by atoms with van der Waals surface area (Å²) in [5.74, 6) is -0.522. The highest BCUT2D eigenvalue weighted by molar-refractivity contribution is 5.92. The zero-order valence-electron chi connectivity index (χ0n) is 18.0. The van der Waals surface area contributed by atoms with Crippen LogP contribution in [0, 0.1) is 0 Å². The number of piperazine rings is 1. The van der Waals surface area contributed by atoms with Gasteiger partial charge in [0.2, 0.25) is 5.91 Å². The van der Waals surface area contributed by atoms with Crippen LogP contribution in [-0.4, -0.2) is 54.5 Å². The highest BCUT2D eigenvalue weighted by Crippen LogP contribution is 2.31. The van der Waals surface area contributed by atoms with E-state index in [9.17, 15) is 14.4 Å². The number of rotatable bonds is 7. The molecule has 7 heteroatoms. The van der Waals surface area contributed by atoms with Crippen molar-refractivity contribution in [3.05, 3.63) is 29.8 Å². The molecule has 29 heavy (non-hydrogen) atoms. The third-order valence-corrected chi connectivity index (χ3v) is 4.96. The number of carbonyl (C=O) groups excluding carboxylic acids is 3. The Morgan fingerprint density at radius 3 is 2.62 bits per heavy atom. The summed E-state index contributed by atoms with van der Waals surface area (Å²) in [4.78, 5) is 38.7. The van der Waals surface area contributed by atoms with Crippen molar-refractivity contribution in [2.24, 2.45) is 0 Å². The zero-order chi connectivity index (χ0) is 21.6. The number of hydrogen-bond donors (Lipinski definition) is 1. The third kappa shape index (κ3) is 6.21. The van der Waals surface area contributed by atoms with E-state index in [1.165, 1.54) is 4.90 Å². The van der Waals surface area contributed by atoms with E-state index < -0.39 is 12.0 Å². The summed E-state index contributed by atoms with van der Waals surface area (Å²) in [5.41, 5.74) is 0.866. The fourth-order valence-electron chi connectivity index (χ4n) is 3.16. The molecule has 0 aliphatic carbocycles. The number of benzene rings is 1. The van der Waals surface area contributed by atoms with Gasteiger partial charge in [-0.05, 0) is 30.4 Å². The predicted molar refractivity (Wildman–Crippen MR) is 110 cm³/mol.